The van der Waals surface area contributed by atoms with Gasteiger partial charge in [0.25, 0.3) is 0 Å². The molecule has 0 spiro atoms. The number of carbonyl (C=O) groups is 1. The van der Waals surface area contributed by atoms with Gasteiger partial charge in [0, 0.05) is 16.4 Å². The highest BCUT2D eigenvalue weighted by Crippen LogP contribution is 2.75. The Balaban J connectivity index is 1.43. The van der Waals surface area contributed by atoms with E-state index in [1.54, 1.807) is 12.4 Å². The van der Waals surface area contributed by atoms with Crippen LogP contribution < -0.4 is 5.73 Å². The molecule has 1 saturated heterocycles. The Kier molecular flexibility index (Phi) is 8.25. The summed E-state index contributed by atoms with van der Waals surface area (Å²) in [5.41, 5.74) is 6.74. The van der Waals surface area contributed by atoms with E-state index in [4.69, 9.17) is 25.4 Å². The molecule has 0 radical (unpaired) electrons. The van der Waals surface area contributed by atoms with Crippen molar-refractivity contribution in [3.63, 3.8) is 0 Å². The van der Waals surface area contributed by atoms with Crippen molar-refractivity contribution in [2.75, 3.05) is 19.8 Å². The lowest BCUT2D eigenvalue weighted by Crippen LogP contribution is -2.69. The maximum atomic E-state index is 13.4. The third-order valence-corrected chi connectivity index (χ3v) is 15.7. The van der Waals surface area contributed by atoms with Gasteiger partial charge in [0.2, 0.25) is 0 Å². The number of hydrogen-bond acceptors (Lipinski definition) is 6. The summed E-state index contributed by atoms with van der Waals surface area (Å²) < 4.78 is 13.6. The second kappa shape index (κ2) is 11.1. The van der Waals surface area contributed by atoms with E-state index in [0.717, 1.165) is 38.5 Å². The standard InChI is InChI=1S/C38H62N4O4/c1-23(2)25(5)33(6)15-16-35(8)26-11-12-29-34(7)20-45-22-38(29,27(26)13-14-36(35,9)30(33)32(43)44)19-28(42-40-17-18-41-42)31(34)46-21-37(10,39)24(3)4/h13,17-18,23-26,28-31H,11-12,14-16,19-22,39H2,1-10H3,(H,43,44)/t25-,26+,28-,29+,30-,31+,33-,34+,35-,36+,37+,38+/m1/s1. The summed E-state index contributed by atoms with van der Waals surface area (Å²) in [5.74, 6) is 0.750. The Morgan fingerprint density at radius 2 is 1.76 bits per heavy atom. The summed E-state index contributed by atoms with van der Waals surface area (Å²) in [6, 6.07) is -0.0443. The minimum absolute atomic E-state index is 0.0443. The summed E-state index contributed by atoms with van der Waals surface area (Å²) in [7, 11) is 0. The quantitative estimate of drug-likeness (QED) is 0.291. The molecule has 1 aliphatic heterocycles. The van der Waals surface area contributed by atoms with Crippen molar-refractivity contribution in [3.8, 4) is 0 Å². The number of hydrogen-bond donors (Lipinski definition) is 2. The number of allylic oxidation sites excluding steroid dienone is 1. The molecule has 258 valence electrons. The highest BCUT2D eigenvalue weighted by Gasteiger charge is 2.72. The van der Waals surface area contributed by atoms with Crippen LogP contribution in [0.5, 0.6) is 0 Å². The predicted molar refractivity (Wildman–Crippen MR) is 180 cm³/mol. The molecular weight excluding hydrogens is 576 g/mol. The molecule has 2 heterocycles. The van der Waals surface area contributed by atoms with Crippen molar-refractivity contribution >= 4 is 5.97 Å². The number of nitrogens with zero attached hydrogens (tertiary/aromatic N) is 3. The Labute approximate surface area is 277 Å². The molecule has 0 unspecified atom stereocenters. The first kappa shape index (κ1) is 34.1. The van der Waals surface area contributed by atoms with Crippen molar-refractivity contribution in [3.05, 3.63) is 24.0 Å². The van der Waals surface area contributed by atoms with Crippen LogP contribution in [-0.2, 0) is 14.3 Å². The molecule has 4 aliphatic carbocycles. The van der Waals surface area contributed by atoms with Crippen molar-refractivity contribution in [2.45, 2.75) is 125 Å². The smallest absolute Gasteiger partial charge is 0.307 e. The van der Waals surface area contributed by atoms with Crippen LogP contribution in [0.3, 0.4) is 0 Å². The molecule has 1 aromatic heterocycles. The number of aromatic nitrogens is 3. The maximum Gasteiger partial charge on any atom is 0.307 e. The molecule has 5 aliphatic rings. The Morgan fingerprint density at radius 3 is 2.37 bits per heavy atom. The molecule has 46 heavy (non-hydrogen) atoms. The van der Waals surface area contributed by atoms with Crippen LogP contribution in [0.2, 0.25) is 0 Å². The van der Waals surface area contributed by atoms with Crippen molar-refractivity contribution < 1.29 is 19.4 Å². The van der Waals surface area contributed by atoms with Crippen LogP contribution in [-0.4, -0.2) is 57.5 Å². The molecule has 8 nitrogen and oxygen atoms in total. The Morgan fingerprint density at radius 1 is 1.09 bits per heavy atom. The summed E-state index contributed by atoms with van der Waals surface area (Å²) in [6.07, 6.45) is 11.8. The Bertz CT molecular complexity index is 1340. The topological polar surface area (TPSA) is 112 Å². The largest absolute Gasteiger partial charge is 0.481 e. The minimum Gasteiger partial charge on any atom is -0.481 e. The second-order valence-corrected chi connectivity index (χ2v) is 18.4. The van der Waals surface area contributed by atoms with Gasteiger partial charge in [-0.2, -0.15) is 15.0 Å². The number of carboxylic acids is 1. The number of aliphatic carboxylic acids is 1. The van der Waals surface area contributed by atoms with Crippen LogP contribution in [0.25, 0.3) is 0 Å². The van der Waals surface area contributed by atoms with Gasteiger partial charge in [0.15, 0.2) is 0 Å². The summed E-state index contributed by atoms with van der Waals surface area (Å²) >= 11 is 0. The van der Waals surface area contributed by atoms with E-state index in [2.05, 4.69) is 75.3 Å². The van der Waals surface area contributed by atoms with Gasteiger partial charge in [0.1, 0.15) is 0 Å². The SMILES string of the molecule is CC(C)[C@@H](C)[C@@]1(C)CC[C@]2(C)[C@H]3CC[C@@H]4[C@@]5(COC[C@]4(C)[C@@H](OC[C@](C)(N)C(C)C)[C@H](n4nccn4)C5)C3=CC[C@@]2(C)[C@@H]1C(=O)O. The lowest BCUT2D eigenvalue weighted by atomic mass is 9.34. The minimum atomic E-state index is -0.614. The van der Waals surface area contributed by atoms with Gasteiger partial charge >= 0.3 is 5.97 Å². The second-order valence-electron chi connectivity index (χ2n) is 18.4. The molecule has 1 aromatic rings. The van der Waals surface area contributed by atoms with Gasteiger partial charge in [-0.1, -0.05) is 74.0 Å². The highest BCUT2D eigenvalue weighted by molar-refractivity contribution is 5.73. The Hall–Kier alpha value is -1.77. The van der Waals surface area contributed by atoms with Crippen molar-refractivity contribution in [1.82, 2.24) is 15.0 Å². The van der Waals surface area contributed by atoms with Gasteiger partial charge in [0.05, 0.1) is 50.3 Å². The van der Waals surface area contributed by atoms with Crippen LogP contribution in [0.15, 0.2) is 24.0 Å². The maximum absolute atomic E-state index is 13.4. The summed E-state index contributed by atoms with van der Waals surface area (Å²) in [6.45, 7) is 24.5. The molecule has 6 rings (SSSR count). The zero-order chi connectivity index (χ0) is 33.7. The summed E-state index contributed by atoms with van der Waals surface area (Å²) in [5, 5.41) is 20.4. The molecule has 0 amide bonds. The summed E-state index contributed by atoms with van der Waals surface area (Å²) in [4.78, 5) is 15.3. The first-order chi connectivity index (χ1) is 21.4. The number of carboxylic acid groups (broad SMARTS) is 1. The van der Waals surface area contributed by atoms with Gasteiger partial charge in [-0.15, -0.1) is 0 Å². The fraction of sp³-hybridized carbons (Fsp3) is 0.868. The van der Waals surface area contributed by atoms with Crippen LogP contribution >= 0.6 is 0 Å². The first-order valence-electron chi connectivity index (χ1n) is 18.2. The number of fused-ring (bicyclic) bond motifs is 3. The third kappa shape index (κ3) is 4.58. The van der Waals surface area contributed by atoms with E-state index in [0.29, 0.717) is 43.5 Å². The zero-order valence-electron chi connectivity index (χ0n) is 30.3. The molecule has 0 aromatic carbocycles. The average Bonchev–Trinajstić information content (AvgIpc) is 3.51. The van der Waals surface area contributed by atoms with E-state index in [-0.39, 0.29) is 45.1 Å². The van der Waals surface area contributed by atoms with Crippen molar-refractivity contribution in [2.24, 2.45) is 68.3 Å². The monoisotopic (exact) mass is 638 g/mol. The molecule has 4 fully saturated rings. The number of nitrogens with two attached hydrogens (primary N) is 1. The first-order valence-corrected chi connectivity index (χ1v) is 18.2. The lowest BCUT2D eigenvalue weighted by molar-refractivity contribution is -0.253. The van der Waals surface area contributed by atoms with E-state index >= 15 is 0 Å². The number of ether oxygens (including phenoxy) is 2. The van der Waals surface area contributed by atoms with Crippen LogP contribution in [0.1, 0.15) is 114 Å². The van der Waals surface area contributed by atoms with E-state index in [1.807, 2.05) is 4.80 Å². The van der Waals surface area contributed by atoms with E-state index in [1.165, 1.54) is 5.57 Å². The predicted octanol–water partition coefficient (Wildman–Crippen LogP) is 7.17. The van der Waals surface area contributed by atoms with Gasteiger partial charge < -0.3 is 20.3 Å². The lowest BCUT2D eigenvalue weighted by Gasteiger charge is -2.71. The molecular formula is C38H62N4O4. The van der Waals surface area contributed by atoms with Gasteiger partial charge in [-0.3, -0.25) is 4.79 Å². The van der Waals surface area contributed by atoms with E-state index in [9.17, 15) is 9.90 Å². The van der Waals surface area contributed by atoms with Crippen molar-refractivity contribution in [1.29, 1.82) is 0 Å². The molecule has 2 bridgehead atoms. The highest BCUT2D eigenvalue weighted by atomic mass is 16.5. The third-order valence-electron chi connectivity index (χ3n) is 15.7. The molecule has 3 N–H and O–H groups in total. The van der Waals surface area contributed by atoms with Gasteiger partial charge in [-0.25, -0.2) is 0 Å². The fourth-order valence-corrected chi connectivity index (χ4v) is 11.9. The molecule has 12 atom stereocenters. The molecule has 8 heteroatoms. The van der Waals surface area contributed by atoms with Crippen LogP contribution in [0.4, 0.5) is 0 Å². The normalized spacial score (nSPS) is 45.7. The fourth-order valence-electron chi connectivity index (χ4n) is 11.9. The zero-order valence-corrected chi connectivity index (χ0v) is 30.3. The molecule has 3 saturated carbocycles. The van der Waals surface area contributed by atoms with Gasteiger partial charge in [-0.05, 0) is 91.3 Å². The average molecular weight is 639 g/mol. The number of rotatable bonds is 8. The van der Waals surface area contributed by atoms with Crippen LogP contribution in [0, 0.1) is 62.6 Å². The van der Waals surface area contributed by atoms with E-state index < -0.39 is 17.4 Å².